The van der Waals surface area contributed by atoms with Gasteiger partial charge in [0.15, 0.2) is 5.76 Å². The number of furan rings is 1. The summed E-state index contributed by atoms with van der Waals surface area (Å²) in [6.07, 6.45) is 0. The number of benzene rings is 3. The predicted octanol–water partition coefficient (Wildman–Crippen LogP) is 5.90. The molecule has 0 fully saturated rings. The molecule has 3 aromatic carbocycles. The molecular weight excluding hydrogens is 395 g/mol. The SMILES string of the molecule is Cc1c(NC(=O)c2ccc(-c3ccc(F)cc3)o2)cccc1C(=O)Nc1ccccc1. The highest BCUT2D eigenvalue weighted by molar-refractivity contribution is 6.08. The summed E-state index contributed by atoms with van der Waals surface area (Å²) in [5.41, 5.74) is 2.94. The molecule has 0 saturated carbocycles. The fourth-order valence-corrected chi connectivity index (χ4v) is 3.15. The monoisotopic (exact) mass is 414 g/mol. The molecule has 0 aliphatic rings. The summed E-state index contributed by atoms with van der Waals surface area (Å²) in [5.74, 6) is -0.496. The van der Waals surface area contributed by atoms with Crippen molar-refractivity contribution in [3.05, 3.63) is 108 Å². The van der Waals surface area contributed by atoms with Crippen LogP contribution in [-0.2, 0) is 0 Å². The van der Waals surface area contributed by atoms with Crippen molar-refractivity contribution in [2.45, 2.75) is 6.92 Å². The highest BCUT2D eigenvalue weighted by atomic mass is 19.1. The maximum Gasteiger partial charge on any atom is 0.291 e. The Morgan fingerprint density at radius 3 is 2.26 bits per heavy atom. The molecule has 0 atom stereocenters. The molecule has 2 amide bonds. The van der Waals surface area contributed by atoms with Crippen molar-refractivity contribution in [1.82, 2.24) is 0 Å². The van der Waals surface area contributed by atoms with E-state index in [9.17, 15) is 14.0 Å². The maximum absolute atomic E-state index is 13.1. The predicted molar refractivity (Wildman–Crippen MR) is 118 cm³/mol. The van der Waals surface area contributed by atoms with Gasteiger partial charge in [0.25, 0.3) is 11.8 Å². The van der Waals surface area contributed by atoms with E-state index >= 15 is 0 Å². The molecule has 0 unspecified atom stereocenters. The number of hydrogen-bond acceptors (Lipinski definition) is 3. The summed E-state index contributed by atoms with van der Waals surface area (Å²) in [6.45, 7) is 1.77. The minimum atomic E-state index is -0.447. The van der Waals surface area contributed by atoms with Gasteiger partial charge in [-0.05, 0) is 73.2 Å². The first-order valence-corrected chi connectivity index (χ1v) is 9.64. The van der Waals surface area contributed by atoms with Gasteiger partial charge in [-0.15, -0.1) is 0 Å². The molecule has 4 rings (SSSR count). The summed E-state index contributed by atoms with van der Waals surface area (Å²) in [5, 5.41) is 5.63. The van der Waals surface area contributed by atoms with Gasteiger partial charge < -0.3 is 15.1 Å². The Labute approximate surface area is 178 Å². The molecular formula is C25H19FN2O3. The second-order valence-electron chi connectivity index (χ2n) is 6.92. The van der Waals surface area contributed by atoms with Crippen LogP contribution in [0.25, 0.3) is 11.3 Å². The van der Waals surface area contributed by atoms with Crippen molar-refractivity contribution in [1.29, 1.82) is 0 Å². The van der Waals surface area contributed by atoms with Gasteiger partial charge in [0, 0.05) is 22.5 Å². The Morgan fingerprint density at radius 2 is 1.52 bits per heavy atom. The topological polar surface area (TPSA) is 71.3 Å². The van der Waals surface area contributed by atoms with Crippen LogP contribution in [0.2, 0.25) is 0 Å². The van der Waals surface area contributed by atoms with Gasteiger partial charge >= 0.3 is 0 Å². The molecule has 0 bridgehead atoms. The molecule has 0 aliphatic carbocycles. The summed E-state index contributed by atoms with van der Waals surface area (Å²) < 4.78 is 18.7. The Kier molecular flexibility index (Phi) is 5.62. The lowest BCUT2D eigenvalue weighted by molar-refractivity contribution is 0.0993. The number of halogens is 1. The first kappa shape index (κ1) is 20.1. The van der Waals surface area contributed by atoms with Crippen molar-refractivity contribution in [2.24, 2.45) is 0 Å². The largest absolute Gasteiger partial charge is 0.451 e. The second kappa shape index (κ2) is 8.67. The molecule has 0 saturated heterocycles. The van der Waals surface area contributed by atoms with Gasteiger partial charge in [0.05, 0.1) is 0 Å². The van der Waals surface area contributed by atoms with Gasteiger partial charge in [-0.3, -0.25) is 9.59 Å². The van der Waals surface area contributed by atoms with Gasteiger partial charge in [-0.2, -0.15) is 0 Å². The molecule has 0 aliphatic heterocycles. The number of carbonyl (C=O) groups excluding carboxylic acids is 2. The quantitative estimate of drug-likeness (QED) is 0.427. The van der Waals surface area contributed by atoms with E-state index in [0.717, 1.165) is 0 Å². The van der Waals surface area contributed by atoms with E-state index in [1.807, 2.05) is 18.2 Å². The fraction of sp³-hybridized carbons (Fsp3) is 0.0400. The lowest BCUT2D eigenvalue weighted by Gasteiger charge is -2.12. The Hall–Kier alpha value is -4.19. The number of rotatable bonds is 5. The first-order chi connectivity index (χ1) is 15.0. The zero-order valence-corrected chi connectivity index (χ0v) is 16.7. The zero-order valence-electron chi connectivity index (χ0n) is 16.7. The Bertz CT molecular complexity index is 1230. The van der Waals surface area contributed by atoms with E-state index in [-0.39, 0.29) is 17.5 Å². The third kappa shape index (κ3) is 4.53. The smallest absolute Gasteiger partial charge is 0.291 e. The minimum absolute atomic E-state index is 0.109. The molecule has 1 aromatic heterocycles. The van der Waals surface area contributed by atoms with Crippen LogP contribution in [-0.4, -0.2) is 11.8 Å². The summed E-state index contributed by atoms with van der Waals surface area (Å²) in [6, 6.07) is 23.3. The fourth-order valence-electron chi connectivity index (χ4n) is 3.15. The maximum atomic E-state index is 13.1. The summed E-state index contributed by atoms with van der Waals surface area (Å²) in [7, 11) is 0. The molecule has 4 aromatic rings. The second-order valence-corrected chi connectivity index (χ2v) is 6.92. The number of hydrogen-bond donors (Lipinski definition) is 2. The molecule has 0 spiro atoms. The Balaban J connectivity index is 1.50. The van der Waals surface area contributed by atoms with Crippen LogP contribution in [0.15, 0.2) is 89.3 Å². The van der Waals surface area contributed by atoms with Crippen LogP contribution in [0.3, 0.4) is 0 Å². The molecule has 31 heavy (non-hydrogen) atoms. The van der Waals surface area contributed by atoms with Crippen LogP contribution >= 0.6 is 0 Å². The normalized spacial score (nSPS) is 10.5. The van der Waals surface area contributed by atoms with E-state index < -0.39 is 5.91 Å². The highest BCUT2D eigenvalue weighted by Crippen LogP contribution is 2.25. The van der Waals surface area contributed by atoms with E-state index in [0.29, 0.717) is 33.8 Å². The van der Waals surface area contributed by atoms with Crippen molar-refractivity contribution in [2.75, 3.05) is 10.6 Å². The number of anilines is 2. The molecule has 0 radical (unpaired) electrons. The lowest BCUT2D eigenvalue weighted by Crippen LogP contribution is -2.16. The van der Waals surface area contributed by atoms with Crippen LogP contribution in [0.1, 0.15) is 26.5 Å². The standard InChI is InChI=1S/C25H19FN2O3/c1-16-20(24(29)27-19-6-3-2-4-7-19)8-5-9-21(16)28-25(30)23-15-14-22(31-23)17-10-12-18(26)13-11-17/h2-15H,1H3,(H,27,29)(H,28,30). The third-order valence-corrected chi connectivity index (χ3v) is 4.82. The Morgan fingerprint density at radius 1 is 0.774 bits per heavy atom. The van der Waals surface area contributed by atoms with Crippen molar-refractivity contribution in [3.63, 3.8) is 0 Å². The van der Waals surface area contributed by atoms with Crippen LogP contribution in [0.5, 0.6) is 0 Å². The number of amides is 2. The van der Waals surface area contributed by atoms with Gasteiger partial charge in [0.2, 0.25) is 0 Å². The van der Waals surface area contributed by atoms with E-state index in [1.54, 1.807) is 61.5 Å². The number of nitrogens with one attached hydrogen (secondary N) is 2. The molecule has 5 nitrogen and oxygen atoms in total. The van der Waals surface area contributed by atoms with Gasteiger partial charge in [-0.25, -0.2) is 4.39 Å². The van der Waals surface area contributed by atoms with Crippen molar-refractivity contribution >= 4 is 23.2 Å². The van der Waals surface area contributed by atoms with Crippen LogP contribution in [0.4, 0.5) is 15.8 Å². The molecule has 2 N–H and O–H groups in total. The average molecular weight is 414 g/mol. The highest BCUT2D eigenvalue weighted by Gasteiger charge is 2.17. The average Bonchev–Trinajstić information content (AvgIpc) is 3.27. The van der Waals surface area contributed by atoms with Gasteiger partial charge in [0.1, 0.15) is 11.6 Å². The zero-order chi connectivity index (χ0) is 21.8. The molecule has 1 heterocycles. The van der Waals surface area contributed by atoms with Crippen LogP contribution < -0.4 is 10.6 Å². The summed E-state index contributed by atoms with van der Waals surface area (Å²) >= 11 is 0. The number of carbonyl (C=O) groups is 2. The van der Waals surface area contributed by atoms with Crippen molar-refractivity contribution in [3.8, 4) is 11.3 Å². The van der Waals surface area contributed by atoms with E-state index in [4.69, 9.17) is 4.42 Å². The first-order valence-electron chi connectivity index (χ1n) is 9.64. The lowest BCUT2D eigenvalue weighted by atomic mass is 10.1. The van der Waals surface area contributed by atoms with Crippen LogP contribution in [0, 0.1) is 12.7 Å². The number of para-hydroxylation sites is 1. The van der Waals surface area contributed by atoms with Crippen molar-refractivity contribution < 1.29 is 18.4 Å². The van der Waals surface area contributed by atoms with E-state index in [2.05, 4.69) is 10.6 Å². The molecule has 6 heteroatoms. The third-order valence-electron chi connectivity index (χ3n) is 4.82. The van der Waals surface area contributed by atoms with E-state index in [1.165, 1.54) is 12.1 Å². The van der Waals surface area contributed by atoms with Gasteiger partial charge in [-0.1, -0.05) is 24.3 Å². The minimum Gasteiger partial charge on any atom is -0.451 e. The molecule has 154 valence electrons. The summed E-state index contributed by atoms with van der Waals surface area (Å²) in [4.78, 5) is 25.3.